The van der Waals surface area contributed by atoms with E-state index in [1.165, 1.54) is 16.7 Å². The van der Waals surface area contributed by atoms with E-state index in [1.807, 2.05) is 10.6 Å². The Morgan fingerprint density at radius 2 is 1.92 bits per heavy atom. The van der Waals surface area contributed by atoms with Crippen LogP contribution in [0.15, 0.2) is 16.9 Å². The van der Waals surface area contributed by atoms with Crippen molar-refractivity contribution < 1.29 is 56.1 Å². The number of aryl methyl sites for hydroxylation is 1. The topological polar surface area (TPSA) is 187 Å². The number of carbonyl (C=O) groups excluding carboxylic acids is 4. The molecule has 1 aromatic carbocycles. The number of alkyl halides is 3. The van der Waals surface area contributed by atoms with Gasteiger partial charge in [0.2, 0.25) is 12.0 Å². The van der Waals surface area contributed by atoms with Crippen LogP contribution in [0.2, 0.25) is 0 Å². The largest absolute Gasteiger partial charge is 0.458 e. The van der Waals surface area contributed by atoms with Crippen LogP contribution in [0, 0.1) is 12.7 Å². The molecule has 1 unspecified atom stereocenters. The number of nitrogens with one attached hydrogen (secondary N) is 3. The van der Waals surface area contributed by atoms with Crippen molar-refractivity contribution in [3.8, 4) is 11.4 Å². The van der Waals surface area contributed by atoms with Crippen molar-refractivity contribution in [3.63, 3.8) is 0 Å². The third-order valence-electron chi connectivity index (χ3n) is 9.33. The maximum absolute atomic E-state index is 15.2. The van der Waals surface area contributed by atoms with Crippen molar-refractivity contribution in [3.05, 3.63) is 61.7 Å². The number of benzene rings is 1. The van der Waals surface area contributed by atoms with Gasteiger partial charge in [0.05, 0.1) is 42.2 Å². The molecule has 18 heteroatoms. The van der Waals surface area contributed by atoms with E-state index in [1.54, 1.807) is 13.8 Å². The lowest BCUT2D eigenvalue weighted by Crippen LogP contribution is -2.49. The number of rotatable bonds is 8. The van der Waals surface area contributed by atoms with Crippen molar-refractivity contribution >= 4 is 34.8 Å². The summed E-state index contributed by atoms with van der Waals surface area (Å²) in [6.07, 6.45) is -9.06. The molecule has 0 spiro atoms. The van der Waals surface area contributed by atoms with Gasteiger partial charge in [0.15, 0.2) is 5.60 Å². The van der Waals surface area contributed by atoms with Crippen molar-refractivity contribution in [2.45, 2.75) is 70.2 Å². The summed E-state index contributed by atoms with van der Waals surface area (Å²) in [6.45, 7) is 0.930. The van der Waals surface area contributed by atoms with Gasteiger partial charge in [0.25, 0.3) is 11.5 Å². The Balaban J connectivity index is 1.38. The second-order valence-electron chi connectivity index (χ2n) is 12.1. The molecule has 4 N–H and O–H groups in total. The zero-order chi connectivity index (χ0) is 36.3. The van der Waals surface area contributed by atoms with Gasteiger partial charge in [0, 0.05) is 22.6 Å². The lowest BCUT2D eigenvalue weighted by Gasteiger charge is -2.31. The van der Waals surface area contributed by atoms with E-state index < -0.39 is 72.5 Å². The van der Waals surface area contributed by atoms with E-state index in [9.17, 15) is 42.3 Å². The number of aromatic nitrogens is 2. The summed E-state index contributed by atoms with van der Waals surface area (Å²) in [7, 11) is 1.05. The van der Waals surface area contributed by atoms with Crippen molar-refractivity contribution in [1.82, 2.24) is 25.5 Å². The van der Waals surface area contributed by atoms with Gasteiger partial charge in [-0.1, -0.05) is 6.92 Å². The molecule has 0 bridgehead atoms. The summed E-state index contributed by atoms with van der Waals surface area (Å²) in [5.74, 6) is -3.99. The zero-order valence-electron chi connectivity index (χ0n) is 26.9. The molecule has 4 heterocycles. The summed E-state index contributed by atoms with van der Waals surface area (Å²) in [5.41, 5.74) is -0.553. The van der Waals surface area contributed by atoms with Crippen LogP contribution in [-0.2, 0) is 53.8 Å². The first-order valence-corrected chi connectivity index (χ1v) is 15.5. The van der Waals surface area contributed by atoms with E-state index in [0.29, 0.717) is 27.6 Å². The van der Waals surface area contributed by atoms with Crippen LogP contribution >= 0.6 is 0 Å². The minimum absolute atomic E-state index is 0.0369. The molecular formula is C32H31F4N5O9. The normalized spacial score (nSPS) is 19.5. The van der Waals surface area contributed by atoms with Gasteiger partial charge in [-0.25, -0.2) is 19.0 Å². The first-order chi connectivity index (χ1) is 23.6. The Labute approximate surface area is 280 Å². The number of esters is 1. The standard InChI is InChI=1S/C32H31F4N5O9/c1-4-31(47)17-7-21-25-15(10-41(21)28(44)16(17)11-49-29(31)45)24-19(6-5-14-13(2)18(33)8-20(39-25)23(14)24)40-27(43)26(32(34,35)36)50-12-38-22(42)9-37-30(46)48-3/h7-8,19,26,47H,4-6,9-12H2,1-3H3,(H,37,46)(H,38,42)(H,40,43)/t19-,26?,31-/m0/s1. The van der Waals surface area contributed by atoms with Crippen LogP contribution in [0.25, 0.3) is 22.3 Å². The number of carbonyl (C=O) groups is 4. The SMILES string of the molecule is CC[C@@]1(O)C(=O)OCc2c1cc1n(c2=O)Cc2c-1nc1cc(F)c(C)c3c1c2[C@@H](NC(=O)C(OCNC(=O)CNC(=O)OC)C(F)(F)F)CC3. The third-order valence-corrected chi connectivity index (χ3v) is 9.33. The van der Waals surface area contributed by atoms with Crippen molar-refractivity contribution in [2.75, 3.05) is 20.4 Å². The average Bonchev–Trinajstić information content (AvgIpc) is 3.44. The van der Waals surface area contributed by atoms with Crippen LogP contribution in [0.5, 0.6) is 0 Å². The van der Waals surface area contributed by atoms with E-state index >= 15 is 4.39 Å². The van der Waals surface area contributed by atoms with E-state index in [4.69, 9.17) is 9.47 Å². The van der Waals surface area contributed by atoms with Gasteiger partial charge >= 0.3 is 18.2 Å². The highest BCUT2D eigenvalue weighted by molar-refractivity contribution is 5.94. The van der Waals surface area contributed by atoms with Crippen LogP contribution in [0.3, 0.4) is 0 Å². The fraction of sp³-hybridized carbons (Fsp3) is 0.438. The molecule has 2 aromatic heterocycles. The highest BCUT2D eigenvalue weighted by Crippen LogP contribution is 2.46. The van der Waals surface area contributed by atoms with Crippen LogP contribution < -0.4 is 21.5 Å². The van der Waals surface area contributed by atoms with Gasteiger partial charge in [-0.05, 0) is 48.9 Å². The molecule has 14 nitrogen and oxygen atoms in total. The first-order valence-electron chi connectivity index (χ1n) is 15.5. The fourth-order valence-electron chi connectivity index (χ4n) is 6.76. The highest BCUT2D eigenvalue weighted by Gasteiger charge is 2.48. The number of nitrogens with zero attached hydrogens (tertiary/aromatic N) is 2. The number of fused-ring (bicyclic) bond motifs is 5. The summed E-state index contributed by atoms with van der Waals surface area (Å²) < 4.78 is 73.0. The molecule has 2 aliphatic heterocycles. The number of aliphatic hydroxyl groups is 1. The van der Waals surface area contributed by atoms with E-state index in [2.05, 4.69) is 15.0 Å². The number of halogens is 4. The molecule has 0 radical (unpaired) electrons. The molecule has 0 fully saturated rings. The maximum Gasteiger partial charge on any atom is 0.423 e. The van der Waals surface area contributed by atoms with Gasteiger partial charge in [0.1, 0.15) is 25.7 Å². The first kappa shape index (κ1) is 34.8. The quantitative estimate of drug-likeness (QED) is 0.120. The fourth-order valence-corrected chi connectivity index (χ4v) is 6.76. The molecule has 0 saturated carbocycles. The Morgan fingerprint density at radius 1 is 1.18 bits per heavy atom. The molecule has 3 aromatic rings. The van der Waals surface area contributed by atoms with Crippen molar-refractivity contribution in [2.24, 2.45) is 0 Å². The second-order valence-corrected chi connectivity index (χ2v) is 12.1. The lowest BCUT2D eigenvalue weighted by molar-refractivity contribution is -0.220. The lowest BCUT2D eigenvalue weighted by atomic mass is 9.81. The van der Waals surface area contributed by atoms with Gasteiger partial charge in [-0.3, -0.25) is 14.4 Å². The Kier molecular flexibility index (Phi) is 8.80. The van der Waals surface area contributed by atoms with Crippen LogP contribution in [-0.4, -0.2) is 71.2 Å². The summed E-state index contributed by atoms with van der Waals surface area (Å²) in [6, 6.07) is 1.53. The highest BCUT2D eigenvalue weighted by atomic mass is 19.4. The Bertz CT molecular complexity index is 2030. The summed E-state index contributed by atoms with van der Waals surface area (Å²) in [4.78, 5) is 67.3. The summed E-state index contributed by atoms with van der Waals surface area (Å²) in [5, 5.41) is 18.1. The predicted molar refractivity (Wildman–Crippen MR) is 163 cm³/mol. The van der Waals surface area contributed by atoms with Crippen LogP contribution in [0.1, 0.15) is 59.2 Å². The Hall–Kier alpha value is -5.10. The smallest absolute Gasteiger partial charge is 0.423 e. The van der Waals surface area contributed by atoms with Gasteiger partial charge in [-0.15, -0.1) is 0 Å². The van der Waals surface area contributed by atoms with Gasteiger partial charge in [-0.2, -0.15) is 13.2 Å². The number of alkyl carbamates (subject to hydrolysis) is 1. The number of cyclic esters (lactones) is 1. The number of methoxy groups -OCH3 is 1. The number of ether oxygens (including phenoxy) is 3. The number of amides is 3. The number of pyridine rings is 2. The molecule has 3 atom stereocenters. The number of hydrogen-bond donors (Lipinski definition) is 4. The monoisotopic (exact) mass is 705 g/mol. The molecule has 50 heavy (non-hydrogen) atoms. The van der Waals surface area contributed by atoms with E-state index in [-0.39, 0.29) is 60.4 Å². The predicted octanol–water partition coefficient (Wildman–Crippen LogP) is 2.01. The molecule has 3 aliphatic rings. The Morgan fingerprint density at radius 3 is 2.60 bits per heavy atom. The van der Waals surface area contributed by atoms with Crippen LogP contribution in [0.4, 0.5) is 22.4 Å². The maximum atomic E-state index is 15.2. The second kappa shape index (κ2) is 12.7. The molecule has 3 amide bonds. The molecule has 266 valence electrons. The van der Waals surface area contributed by atoms with E-state index in [0.717, 1.165) is 7.11 Å². The van der Waals surface area contributed by atoms with Crippen molar-refractivity contribution in [1.29, 1.82) is 0 Å². The average molecular weight is 706 g/mol. The third kappa shape index (κ3) is 5.70. The number of hydrogen-bond acceptors (Lipinski definition) is 10. The molecule has 0 saturated heterocycles. The van der Waals surface area contributed by atoms with Gasteiger partial charge < -0.3 is 39.8 Å². The molecule has 1 aliphatic carbocycles. The summed E-state index contributed by atoms with van der Waals surface area (Å²) >= 11 is 0. The molecular weight excluding hydrogens is 674 g/mol. The zero-order valence-corrected chi connectivity index (χ0v) is 26.9. The minimum Gasteiger partial charge on any atom is -0.458 e. The molecule has 6 rings (SSSR count). The minimum atomic E-state index is -5.21.